The SMILES string of the molecule is CCC(CC)(C(=O)O)c1cccc(C(F)(F)F)c1N. The van der Waals surface area contributed by atoms with Gasteiger partial charge in [0, 0.05) is 5.69 Å². The fourth-order valence-corrected chi connectivity index (χ4v) is 2.28. The van der Waals surface area contributed by atoms with Crippen molar-refractivity contribution in [3.8, 4) is 0 Å². The van der Waals surface area contributed by atoms with E-state index in [-0.39, 0.29) is 18.4 Å². The normalized spacial score (nSPS) is 12.5. The molecule has 0 heterocycles. The van der Waals surface area contributed by atoms with Gasteiger partial charge in [0.05, 0.1) is 11.0 Å². The molecule has 1 aromatic rings. The Morgan fingerprint density at radius 3 is 2.05 bits per heavy atom. The van der Waals surface area contributed by atoms with Gasteiger partial charge in [0.15, 0.2) is 0 Å². The Bertz CT molecular complexity index is 479. The number of carboxylic acid groups (broad SMARTS) is 1. The largest absolute Gasteiger partial charge is 0.481 e. The summed E-state index contributed by atoms with van der Waals surface area (Å²) in [6, 6.07) is 3.40. The molecule has 3 nitrogen and oxygen atoms in total. The lowest BCUT2D eigenvalue weighted by Gasteiger charge is -2.29. The van der Waals surface area contributed by atoms with Crippen LogP contribution in [0.15, 0.2) is 18.2 Å². The zero-order valence-electron chi connectivity index (χ0n) is 10.7. The van der Waals surface area contributed by atoms with Gasteiger partial charge in [0.2, 0.25) is 0 Å². The van der Waals surface area contributed by atoms with E-state index in [4.69, 9.17) is 5.73 Å². The lowest BCUT2D eigenvalue weighted by Crippen LogP contribution is -2.35. The number of para-hydroxylation sites is 1. The van der Waals surface area contributed by atoms with Crippen molar-refractivity contribution < 1.29 is 23.1 Å². The Labute approximate surface area is 109 Å². The molecule has 0 saturated carbocycles. The lowest BCUT2D eigenvalue weighted by atomic mass is 9.74. The smallest absolute Gasteiger partial charge is 0.418 e. The van der Waals surface area contributed by atoms with Crippen LogP contribution in [0.1, 0.15) is 37.8 Å². The van der Waals surface area contributed by atoms with Crippen molar-refractivity contribution >= 4 is 11.7 Å². The van der Waals surface area contributed by atoms with Crippen molar-refractivity contribution in [1.82, 2.24) is 0 Å². The van der Waals surface area contributed by atoms with Crippen molar-refractivity contribution in [3.05, 3.63) is 29.3 Å². The highest BCUT2D eigenvalue weighted by Crippen LogP contribution is 2.41. The number of carbonyl (C=O) groups is 1. The summed E-state index contributed by atoms with van der Waals surface area (Å²) in [5.74, 6) is -1.16. The molecule has 3 N–H and O–H groups in total. The van der Waals surface area contributed by atoms with Gasteiger partial charge in [-0.2, -0.15) is 13.2 Å². The van der Waals surface area contributed by atoms with Gasteiger partial charge in [-0.25, -0.2) is 0 Å². The Morgan fingerprint density at radius 2 is 1.68 bits per heavy atom. The second-order valence-corrected chi connectivity index (χ2v) is 4.36. The Balaban J connectivity index is 3.55. The van der Waals surface area contributed by atoms with E-state index >= 15 is 0 Å². The van der Waals surface area contributed by atoms with Gasteiger partial charge in [-0.05, 0) is 24.5 Å². The van der Waals surface area contributed by atoms with E-state index < -0.39 is 28.8 Å². The molecular formula is C13H16F3NO2. The Kier molecular flexibility index (Phi) is 4.12. The first-order valence-corrected chi connectivity index (χ1v) is 5.90. The van der Waals surface area contributed by atoms with E-state index in [2.05, 4.69) is 0 Å². The molecule has 0 bridgehead atoms. The fourth-order valence-electron chi connectivity index (χ4n) is 2.28. The van der Waals surface area contributed by atoms with E-state index in [1.54, 1.807) is 13.8 Å². The van der Waals surface area contributed by atoms with Crippen LogP contribution in [0.25, 0.3) is 0 Å². The molecule has 0 amide bonds. The molecule has 0 aromatic heterocycles. The van der Waals surface area contributed by atoms with Crippen molar-refractivity contribution in [2.24, 2.45) is 0 Å². The fraction of sp³-hybridized carbons (Fsp3) is 0.462. The molecule has 0 spiro atoms. The van der Waals surface area contributed by atoms with Crippen LogP contribution in [-0.4, -0.2) is 11.1 Å². The first-order chi connectivity index (χ1) is 8.70. The molecule has 6 heteroatoms. The number of halogens is 3. The van der Waals surface area contributed by atoms with Crippen molar-refractivity contribution in [1.29, 1.82) is 0 Å². The molecule has 0 unspecified atom stereocenters. The van der Waals surface area contributed by atoms with Gasteiger partial charge in [-0.15, -0.1) is 0 Å². The zero-order chi connectivity index (χ0) is 14.8. The molecule has 0 radical (unpaired) electrons. The standard InChI is InChI=1S/C13H16F3NO2/c1-3-12(4-2,11(18)19)8-6-5-7-9(10(8)17)13(14,15)16/h5-7H,3-4,17H2,1-2H3,(H,18,19). The number of carboxylic acids is 1. The van der Waals surface area contributed by atoms with Crippen LogP contribution in [0, 0.1) is 0 Å². The quantitative estimate of drug-likeness (QED) is 0.827. The van der Waals surface area contributed by atoms with E-state index in [9.17, 15) is 23.1 Å². The van der Waals surface area contributed by atoms with Crippen LogP contribution in [0.5, 0.6) is 0 Å². The number of anilines is 1. The second-order valence-electron chi connectivity index (χ2n) is 4.36. The predicted octanol–water partition coefficient (Wildman–Crippen LogP) is 3.43. The van der Waals surface area contributed by atoms with E-state index in [0.717, 1.165) is 6.07 Å². The molecule has 0 saturated heterocycles. The van der Waals surface area contributed by atoms with Crippen molar-refractivity contribution in [2.45, 2.75) is 38.3 Å². The number of hydrogen-bond acceptors (Lipinski definition) is 2. The number of nitrogens with two attached hydrogens (primary N) is 1. The van der Waals surface area contributed by atoms with Gasteiger partial charge in [-0.1, -0.05) is 26.0 Å². The number of benzene rings is 1. The highest BCUT2D eigenvalue weighted by Gasteiger charge is 2.41. The molecule has 0 aliphatic rings. The summed E-state index contributed by atoms with van der Waals surface area (Å²) < 4.78 is 38.4. The number of nitrogen functional groups attached to an aromatic ring is 1. The first kappa shape index (κ1) is 15.3. The molecule has 0 aliphatic carbocycles. The molecule has 0 aliphatic heterocycles. The topological polar surface area (TPSA) is 63.3 Å². The summed E-state index contributed by atoms with van der Waals surface area (Å²) in [5.41, 5.74) is 2.72. The van der Waals surface area contributed by atoms with Crippen molar-refractivity contribution in [3.63, 3.8) is 0 Å². The number of rotatable bonds is 4. The molecule has 19 heavy (non-hydrogen) atoms. The van der Waals surface area contributed by atoms with Gasteiger partial charge in [0.1, 0.15) is 0 Å². The summed E-state index contributed by atoms with van der Waals surface area (Å²) in [6.07, 6.45) is -4.25. The third kappa shape index (κ3) is 2.52. The molecule has 0 fully saturated rings. The third-order valence-electron chi connectivity index (χ3n) is 3.54. The maximum Gasteiger partial charge on any atom is 0.418 e. The van der Waals surface area contributed by atoms with E-state index in [1.165, 1.54) is 12.1 Å². The minimum Gasteiger partial charge on any atom is -0.481 e. The highest BCUT2D eigenvalue weighted by molar-refractivity contribution is 5.84. The maximum atomic E-state index is 12.8. The van der Waals surface area contributed by atoms with Crippen LogP contribution in [0.3, 0.4) is 0 Å². The number of aliphatic carboxylic acids is 1. The molecule has 1 aromatic carbocycles. The van der Waals surface area contributed by atoms with Gasteiger partial charge in [-0.3, -0.25) is 4.79 Å². The molecule has 106 valence electrons. The van der Waals surface area contributed by atoms with Gasteiger partial charge in [0.25, 0.3) is 0 Å². The number of hydrogen-bond donors (Lipinski definition) is 2. The minimum atomic E-state index is -4.59. The first-order valence-electron chi connectivity index (χ1n) is 5.90. The summed E-state index contributed by atoms with van der Waals surface area (Å²) >= 11 is 0. The van der Waals surface area contributed by atoms with E-state index in [0.29, 0.717) is 0 Å². The summed E-state index contributed by atoms with van der Waals surface area (Å²) in [5, 5.41) is 9.36. The average Bonchev–Trinajstić information content (AvgIpc) is 2.31. The third-order valence-corrected chi connectivity index (χ3v) is 3.54. The summed E-state index contributed by atoms with van der Waals surface area (Å²) in [4.78, 5) is 11.5. The maximum absolute atomic E-state index is 12.8. The minimum absolute atomic E-state index is 0.0276. The molecule has 1 rings (SSSR count). The van der Waals surface area contributed by atoms with Crippen LogP contribution in [0.4, 0.5) is 18.9 Å². The molecular weight excluding hydrogens is 259 g/mol. The monoisotopic (exact) mass is 275 g/mol. The summed E-state index contributed by atoms with van der Waals surface area (Å²) in [6.45, 7) is 3.24. The second kappa shape index (κ2) is 5.11. The van der Waals surface area contributed by atoms with Crippen LogP contribution >= 0.6 is 0 Å². The van der Waals surface area contributed by atoms with Crippen molar-refractivity contribution in [2.75, 3.05) is 5.73 Å². The van der Waals surface area contributed by atoms with Crippen LogP contribution in [0.2, 0.25) is 0 Å². The van der Waals surface area contributed by atoms with Crippen LogP contribution < -0.4 is 5.73 Å². The summed E-state index contributed by atoms with van der Waals surface area (Å²) in [7, 11) is 0. The van der Waals surface area contributed by atoms with Gasteiger partial charge < -0.3 is 10.8 Å². The van der Waals surface area contributed by atoms with E-state index in [1.807, 2.05) is 0 Å². The van der Waals surface area contributed by atoms with Crippen LogP contribution in [-0.2, 0) is 16.4 Å². The van der Waals surface area contributed by atoms with Gasteiger partial charge >= 0.3 is 12.1 Å². The highest BCUT2D eigenvalue weighted by atomic mass is 19.4. The average molecular weight is 275 g/mol. The Morgan fingerprint density at radius 1 is 1.21 bits per heavy atom. The Hall–Kier alpha value is -1.72. The zero-order valence-corrected chi connectivity index (χ0v) is 10.7. The molecule has 0 atom stereocenters. The predicted molar refractivity (Wildman–Crippen MR) is 65.8 cm³/mol. The lowest BCUT2D eigenvalue weighted by molar-refractivity contribution is -0.144. The number of alkyl halides is 3.